The number of hydrogen-bond donors (Lipinski definition) is 0. The Bertz CT molecular complexity index is 608. The van der Waals surface area contributed by atoms with Gasteiger partial charge in [-0.2, -0.15) is 0 Å². The molecule has 84 valence electrons. The lowest BCUT2D eigenvalue weighted by molar-refractivity contribution is -0.114. The number of carbonyl (C=O) groups excluding carboxylic acids is 1. The maximum absolute atomic E-state index is 11.5. The second-order valence-corrected chi connectivity index (χ2v) is 4.39. The highest BCUT2D eigenvalue weighted by atomic mass is 16.1. The average molecular weight is 223 g/mol. The Hall–Kier alpha value is -1.96. The normalized spacial score (nSPS) is 16.0. The monoisotopic (exact) mass is 223 g/mol. The van der Waals surface area contributed by atoms with Crippen LogP contribution in [0.2, 0.25) is 0 Å². The first-order valence-corrected chi connectivity index (χ1v) is 5.91. The van der Waals surface area contributed by atoms with E-state index in [4.69, 9.17) is 0 Å². The molecule has 2 nitrogen and oxygen atoms in total. The first kappa shape index (κ1) is 10.2. The molecule has 1 aromatic heterocycles. The molecule has 2 heteroatoms. The highest BCUT2D eigenvalue weighted by molar-refractivity contribution is 6.02. The van der Waals surface area contributed by atoms with Gasteiger partial charge in [-0.1, -0.05) is 18.2 Å². The van der Waals surface area contributed by atoms with Crippen LogP contribution in [-0.4, -0.2) is 10.8 Å². The van der Waals surface area contributed by atoms with E-state index in [0.717, 1.165) is 29.4 Å². The second-order valence-electron chi connectivity index (χ2n) is 4.39. The van der Waals surface area contributed by atoms with Gasteiger partial charge in [-0.15, -0.1) is 0 Å². The standard InChI is InChI=1S/C15H13NO/c17-13-5-1-4-12(9-13)14-6-2-3-11-7-8-16-10-15(11)14/h2-3,6-10H,1,4-5H2. The van der Waals surface area contributed by atoms with Crippen LogP contribution in [0.15, 0.2) is 42.7 Å². The molecule has 0 bridgehead atoms. The summed E-state index contributed by atoms with van der Waals surface area (Å²) in [6.07, 6.45) is 8.11. The molecule has 0 fully saturated rings. The van der Waals surface area contributed by atoms with Crippen molar-refractivity contribution < 1.29 is 4.79 Å². The summed E-state index contributed by atoms with van der Waals surface area (Å²) in [4.78, 5) is 15.7. The second kappa shape index (κ2) is 4.13. The number of rotatable bonds is 1. The number of fused-ring (bicyclic) bond motifs is 1. The van der Waals surface area contributed by atoms with Crippen molar-refractivity contribution in [2.24, 2.45) is 0 Å². The van der Waals surface area contributed by atoms with E-state index in [1.807, 2.05) is 18.3 Å². The fourth-order valence-electron chi connectivity index (χ4n) is 2.40. The molecular formula is C15H13NO. The molecule has 0 amide bonds. The fraction of sp³-hybridized carbons (Fsp3) is 0.200. The molecule has 0 radical (unpaired) electrons. The van der Waals surface area contributed by atoms with Crippen molar-refractivity contribution in [2.45, 2.75) is 19.3 Å². The van der Waals surface area contributed by atoms with Crippen LogP contribution in [-0.2, 0) is 4.79 Å². The minimum Gasteiger partial charge on any atom is -0.295 e. The number of aromatic nitrogens is 1. The number of ketones is 1. The van der Waals surface area contributed by atoms with E-state index >= 15 is 0 Å². The van der Waals surface area contributed by atoms with E-state index in [1.54, 1.807) is 12.3 Å². The van der Waals surface area contributed by atoms with Crippen LogP contribution in [0.1, 0.15) is 24.8 Å². The molecule has 1 heterocycles. The van der Waals surface area contributed by atoms with E-state index in [2.05, 4.69) is 17.1 Å². The Morgan fingerprint density at radius 1 is 1.12 bits per heavy atom. The fourth-order valence-corrected chi connectivity index (χ4v) is 2.40. The van der Waals surface area contributed by atoms with Crippen molar-refractivity contribution in [3.63, 3.8) is 0 Å². The van der Waals surface area contributed by atoms with E-state index in [-0.39, 0.29) is 5.78 Å². The first-order chi connectivity index (χ1) is 8.34. The third-order valence-corrected chi connectivity index (χ3v) is 3.23. The lowest BCUT2D eigenvalue weighted by atomic mass is 9.90. The Morgan fingerprint density at radius 2 is 2.06 bits per heavy atom. The smallest absolute Gasteiger partial charge is 0.155 e. The topological polar surface area (TPSA) is 30.0 Å². The molecule has 1 aliphatic carbocycles. The molecule has 0 spiro atoms. The van der Waals surface area contributed by atoms with Crippen LogP contribution in [0.4, 0.5) is 0 Å². The van der Waals surface area contributed by atoms with Crippen LogP contribution in [0.5, 0.6) is 0 Å². The van der Waals surface area contributed by atoms with Gasteiger partial charge in [0, 0.05) is 24.2 Å². The van der Waals surface area contributed by atoms with Gasteiger partial charge in [0.25, 0.3) is 0 Å². The van der Waals surface area contributed by atoms with Gasteiger partial charge in [0.1, 0.15) is 0 Å². The molecule has 0 aliphatic heterocycles. The van der Waals surface area contributed by atoms with Crippen LogP contribution >= 0.6 is 0 Å². The highest BCUT2D eigenvalue weighted by Crippen LogP contribution is 2.30. The molecule has 0 N–H and O–H groups in total. The molecule has 3 rings (SSSR count). The van der Waals surface area contributed by atoms with Crippen molar-refractivity contribution in [2.75, 3.05) is 0 Å². The maximum atomic E-state index is 11.5. The van der Waals surface area contributed by atoms with Gasteiger partial charge in [0.2, 0.25) is 0 Å². The number of benzene rings is 1. The Balaban J connectivity index is 2.20. The van der Waals surface area contributed by atoms with Gasteiger partial charge in [0.05, 0.1) is 0 Å². The summed E-state index contributed by atoms with van der Waals surface area (Å²) < 4.78 is 0. The quantitative estimate of drug-likeness (QED) is 0.741. The Morgan fingerprint density at radius 3 is 2.94 bits per heavy atom. The SMILES string of the molecule is O=C1C=C(c2cccc3ccncc23)CCC1. The van der Waals surface area contributed by atoms with Crippen molar-refractivity contribution in [3.8, 4) is 0 Å². The van der Waals surface area contributed by atoms with Crippen molar-refractivity contribution in [1.29, 1.82) is 0 Å². The van der Waals surface area contributed by atoms with E-state index < -0.39 is 0 Å². The molecular weight excluding hydrogens is 210 g/mol. The molecule has 1 aromatic carbocycles. The van der Waals surface area contributed by atoms with Crippen LogP contribution < -0.4 is 0 Å². The van der Waals surface area contributed by atoms with E-state index in [9.17, 15) is 4.79 Å². The number of allylic oxidation sites excluding steroid dienone is 2. The zero-order valence-corrected chi connectivity index (χ0v) is 9.52. The lowest BCUT2D eigenvalue weighted by Gasteiger charge is -2.14. The van der Waals surface area contributed by atoms with Crippen LogP contribution in [0.25, 0.3) is 16.3 Å². The lowest BCUT2D eigenvalue weighted by Crippen LogP contribution is -2.02. The predicted octanol–water partition coefficient (Wildman–Crippen LogP) is 3.37. The van der Waals surface area contributed by atoms with Gasteiger partial charge in [0.15, 0.2) is 5.78 Å². The average Bonchev–Trinajstić information content (AvgIpc) is 2.38. The molecule has 0 atom stereocenters. The van der Waals surface area contributed by atoms with Crippen molar-refractivity contribution in [3.05, 3.63) is 48.3 Å². The summed E-state index contributed by atoms with van der Waals surface area (Å²) >= 11 is 0. The predicted molar refractivity (Wildman–Crippen MR) is 68.6 cm³/mol. The molecule has 17 heavy (non-hydrogen) atoms. The maximum Gasteiger partial charge on any atom is 0.155 e. The molecule has 0 saturated carbocycles. The number of pyridine rings is 1. The Labute approximate surface area is 100.0 Å². The highest BCUT2D eigenvalue weighted by Gasteiger charge is 2.13. The summed E-state index contributed by atoms with van der Waals surface area (Å²) in [6, 6.07) is 8.20. The van der Waals surface area contributed by atoms with Gasteiger partial charge in [-0.25, -0.2) is 0 Å². The molecule has 1 aliphatic rings. The van der Waals surface area contributed by atoms with E-state index in [0.29, 0.717) is 6.42 Å². The van der Waals surface area contributed by atoms with Crippen molar-refractivity contribution >= 4 is 22.1 Å². The minimum atomic E-state index is 0.243. The Kier molecular flexibility index (Phi) is 2.48. The summed E-state index contributed by atoms with van der Waals surface area (Å²) in [5, 5.41) is 2.31. The van der Waals surface area contributed by atoms with Gasteiger partial charge >= 0.3 is 0 Å². The van der Waals surface area contributed by atoms with Gasteiger partial charge < -0.3 is 0 Å². The third-order valence-electron chi connectivity index (χ3n) is 3.23. The third kappa shape index (κ3) is 1.86. The largest absolute Gasteiger partial charge is 0.295 e. The van der Waals surface area contributed by atoms with Gasteiger partial charge in [-0.05, 0) is 41.5 Å². The summed E-state index contributed by atoms with van der Waals surface area (Å²) in [5.41, 5.74) is 2.31. The number of carbonyl (C=O) groups is 1. The zero-order valence-electron chi connectivity index (χ0n) is 9.52. The van der Waals surface area contributed by atoms with Crippen LogP contribution in [0, 0.1) is 0 Å². The molecule has 0 unspecified atom stereocenters. The zero-order chi connectivity index (χ0) is 11.7. The summed E-state index contributed by atoms with van der Waals surface area (Å²) in [7, 11) is 0. The number of nitrogens with zero attached hydrogens (tertiary/aromatic N) is 1. The summed E-state index contributed by atoms with van der Waals surface area (Å²) in [6.45, 7) is 0. The number of hydrogen-bond acceptors (Lipinski definition) is 2. The minimum absolute atomic E-state index is 0.243. The summed E-state index contributed by atoms with van der Waals surface area (Å²) in [5.74, 6) is 0.243. The molecule has 2 aromatic rings. The first-order valence-electron chi connectivity index (χ1n) is 5.91. The molecule has 0 saturated heterocycles. The van der Waals surface area contributed by atoms with Gasteiger partial charge in [-0.3, -0.25) is 9.78 Å². The van der Waals surface area contributed by atoms with E-state index in [1.165, 1.54) is 5.39 Å². The van der Waals surface area contributed by atoms with Crippen molar-refractivity contribution in [1.82, 2.24) is 4.98 Å². The van der Waals surface area contributed by atoms with Crippen LogP contribution in [0.3, 0.4) is 0 Å².